The van der Waals surface area contributed by atoms with Crippen LogP contribution in [0.25, 0.3) is 11.0 Å². The maximum Gasteiger partial charge on any atom is 0.250 e. The van der Waals surface area contributed by atoms with Crippen molar-refractivity contribution in [3.05, 3.63) is 79.9 Å². The van der Waals surface area contributed by atoms with Gasteiger partial charge in [0, 0.05) is 31.9 Å². The Morgan fingerprint density at radius 2 is 1.73 bits per heavy atom. The van der Waals surface area contributed by atoms with E-state index in [0.29, 0.717) is 37.0 Å². The molecule has 3 aromatic rings. The number of aliphatic hydroxyl groups excluding tert-OH is 1. The summed E-state index contributed by atoms with van der Waals surface area (Å²) in [6.07, 6.45) is 6.77. The number of para-hydroxylation sites is 2. The number of carbonyl (C=O) groups is 3. The van der Waals surface area contributed by atoms with Crippen LogP contribution < -0.4 is 4.90 Å². The van der Waals surface area contributed by atoms with E-state index in [4.69, 9.17) is 4.74 Å². The number of aromatic nitrogens is 3. The average Bonchev–Trinajstić information content (AvgIpc) is 3.76. The molecule has 0 radical (unpaired) electrons. The lowest BCUT2D eigenvalue weighted by Gasteiger charge is -2.39. The van der Waals surface area contributed by atoms with Crippen molar-refractivity contribution in [1.29, 1.82) is 0 Å². The van der Waals surface area contributed by atoms with Crippen LogP contribution in [0.5, 0.6) is 0 Å². The van der Waals surface area contributed by atoms with Gasteiger partial charge in [0.1, 0.15) is 23.8 Å². The molecule has 2 bridgehead atoms. The highest BCUT2D eigenvalue weighted by Gasteiger charge is 2.80. The van der Waals surface area contributed by atoms with Crippen LogP contribution in [0.15, 0.2) is 79.9 Å². The van der Waals surface area contributed by atoms with Crippen LogP contribution in [0, 0.1) is 17.8 Å². The van der Waals surface area contributed by atoms with E-state index < -0.39 is 29.1 Å². The molecule has 3 amide bonds. The Morgan fingerprint density at radius 3 is 2.46 bits per heavy atom. The summed E-state index contributed by atoms with van der Waals surface area (Å²) in [5.74, 6) is -2.41. The zero-order chi connectivity index (χ0) is 34.1. The van der Waals surface area contributed by atoms with Gasteiger partial charge < -0.3 is 24.5 Å². The van der Waals surface area contributed by atoms with Gasteiger partial charge in [0.2, 0.25) is 17.7 Å². The highest BCUT2D eigenvalue weighted by molar-refractivity contribution is 6.03. The highest BCUT2D eigenvalue weighted by Crippen LogP contribution is 2.65. The Hall–Kier alpha value is -4.35. The molecule has 48 heavy (non-hydrogen) atoms. The summed E-state index contributed by atoms with van der Waals surface area (Å²) in [7, 11) is 0. The first-order valence-corrected chi connectivity index (χ1v) is 17.0. The number of carbonyl (C=O) groups excluding carboxylic acids is 3. The van der Waals surface area contributed by atoms with Crippen LogP contribution in [0.2, 0.25) is 0 Å². The van der Waals surface area contributed by atoms with Gasteiger partial charge in [-0.3, -0.25) is 14.4 Å². The third-order valence-corrected chi connectivity index (χ3v) is 10.7. The third-order valence-electron chi connectivity index (χ3n) is 10.7. The number of anilines is 1. The maximum atomic E-state index is 15.0. The van der Waals surface area contributed by atoms with Gasteiger partial charge in [-0.1, -0.05) is 67.5 Å². The van der Waals surface area contributed by atoms with Crippen LogP contribution in [0.1, 0.15) is 46.0 Å². The lowest BCUT2D eigenvalue weighted by atomic mass is 9.62. The number of fused-ring (bicyclic) bond motifs is 2. The summed E-state index contributed by atoms with van der Waals surface area (Å²) in [4.78, 5) is 49.4. The predicted octanol–water partition coefficient (Wildman–Crippen LogP) is 4.19. The zero-order valence-electron chi connectivity index (χ0n) is 27.9. The number of hydrogen-bond donors (Lipinski definition) is 1. The predicted molar refractivity (Wildman–Crippen MR) is 182 cm³/mol. The van der Waals surface area contributed by atoms with E-state index >= 15 is 0 Å². The number of nitrogens with zero attached hydrogens (tertiary/aromatic N) is 6. The number of ether oxygens (including phenoxy) is 1. The Bertz CT molecular complexity index is 1680. The Morgan fingerprint density at radius 1 is 1.02 bits per heavy atom. The first kappa shape index (κ1) is 33.5. The molecule has 3 saturated heterocycles. The molecular weight excluding hydrogens is 608 g/mol. The Labute approximate surface area is 281 Å². The molecule has 254 valence electrons. The summed E-state index contributed by atoms with van der Waals surface area (Å²) in [6, 6.07) is 16.0. The number of likely N-dealkylation sites (tertiary alicyclic amines) is 1. The SMILES string of the molecule is C=CCN(Cn1nnc2ccccc21)C(=O)C1N(CCCCCCO)C(=O)[C@@H]2[C@@H](C(=O)N(CC=C)c3ccccc3)[C@]3(C)OC12CC3C. The minimum Gasteiger partial charge on any atom is -0.396 e. The van der Waals surface area contributed by atoms with E-state index in [9.17, 15) is 19.5 Å². The van der Waals surface area contributed by atoms with Crippen molar-refractivity contribution in [3.63, 3.8) is 0 Å². The van der Waals surface area contributed by atoms with Gasteiger partial charge in [0.15, 0.2) is 0 Å². The van der Waals surface area contributed by atoms with Gasteiger partial charge in [0.25, 0.3) is 0 Å². The van der Waals surface area contributed by atoms with Crippen molar-refractivity contribution in [1.82, 2.24) is 24.8 Å². The van der Waals surface area contributed by atoms with E-state index in [2.05, 4.69) is 30.4 Å². The van der Waals surface area contributed by atoms with Crippen molar-refractivity contribution in [3.8, 4) is 0 Å². The molecule has 0 aliphatic carbocycles. The smallest absolute Gasteiger partial charge is 0.250 e. The molecule has 1 N–H and O–H groups in total. The van der Waals surface area contributed by atoms with Crippen molar-refractivity contribution >= 4 is 34.4 Å². The number of aliphatic hydroxyl groups is 1. The van der Waals surface area contributed by atoms with Crippen LogP contribution in [-0.4, -0.2) is 91.1 Å². The molecule has 0 saturated carbocycles. The van der Waals surface area contributed by atoms with E-state index in [1.807, 2.05) is 61.5 Å². The van der Waals surface area contributed by atoms with Gasteiger partial charge in [0.05, 0.1) is 23.0 Å². The fourth-order valence-corrected chi connectivity index (χ4v) is 8.34. The molecule has 1 aromatic heterocycles. The number of hydrogen-bond acceptors (Lipinski definition) is 7. The second-order valence-electron chi connectivity index (χ2n) is 13.5. The molecular formula is C37H46N6O5. The molecule has 3 aliphatic heterocycles. The molecule has 11 nitrogen and oxygen atoms in total. The monoisotopic (exact) mass is 654 g/mol. The largest absolute Gasteiger partial charge is 0.396 e. The lowest BCUT2D eigenvalue weighted by Crippen LogP contribution is -2.57. The second-order valence-corrected chi connectivity index (χ2v) is 13.5. The summed E-state index contributed by atoms with van der Waals surface area (Å²) in [5, 5.41) is 17.9. The Balaban J connectivity index is 1.40. The summed E-state index contributed by atoms with van der Waals surface area (Å²) < 4.78 is 8.70. The molecule has 2 aromatic carbocycles. The van der Waals surface area contributed by atoms with Gasteiger partial charge in [-0.05, 0) is 56.4 Å². The summed E-state index contributed by atoms with van der Waals surface area (Å²) in [5.41, 5.74) is 0.0703. The van der Waals surface area contributed by atoms with E-state index in [-0.39, 0.29) is 50.0 Å². The van der Waals surface area contributed by atoms with Gasteiger partial charge >= 0.3 is 0 Å². The molecule has 6 rings (SSSR count). The average molecular weight is 655 g/mol. The quantitative estimate of drug-likeness (QED) is 0.193. The van der Waals surface area contributed by atoms with E-state index in [0.717, 1.165) is 18.4 Å². The van der Waals surface area contributed by atoms with Crippen LogP contribution >= 0.6 is 0 Å². The minimum atomic E-state index is -1.19. The van der Waals surface area contributed by atoms with Crippen molar-refractivity contribution < 1.29 is 24.2 Å². The van der Waals surface area contributed by atoms with Crippen LogP contribution in [-0.2, 0) is 25.8 Å². The van der Waals surface area contributed by atoms with Crippen molar-refractivity contribution in [2.24, 2.45) is 17.8 Å². The van der Waals surface area contributed by atoms with E-state index in [1.165, 1.54) is 0 Å². The molecule has 6 atom stereocenters. The normalized spacial score (nSPS) is 27.3. The number of rotatable bonds is 15. The van der Waals surface area contributed by atoms with Crippen LogP contribution in [0.4, 0.5) is 5.69 Å². The van der Waals surface area contributed by atoms with Crippen molar-refractivity contribution in [2.75, 3.05) is 31.1 Å². The molecule has 4 heterocycles. The maximum absolute atomic E-state index is 15.0. The zero-order valence-corrected chi connectivity index (χ0v) is 27.9. The van der Waals surface area contributed by atoms with Crippen molar-refractivity contribution in [2.45, 2.75) is 69.9 Å². The molecule has 11 heteroatoms. The fraction of sp³-hybridized carbons (Fsp3) is 0.486. The fourth-order valence-electron chi connectivity index (χ4n) is 8.34. The number of amides is 3. The number of unbranched alkanes of at least 4 members (excludes halogenated alkanes) is 3. The van der Waals surface area contributed by atoms with E-state index in [1.54, 1.807) is 31.5 Å². The number of benzene rings is 2. The van der Waals surface area contributed by atoms with Gasteiger partial charge in [-0.15, -0.1) is 18.3 Å². The summed E-state index contributed by atoms with van der Waals surface area (Å²) in [6.45, 7) is 12.9. The summed E-state index contributed by atoms with van der Waals surface area (Å²) >= 11 is 0. The highest BCUT2D eigenvalue weighted by atomic mass is 16.5. The molecule has 3 fully saturated rings. The third kappa shape index (κ3) is 5.52. The Kier molecular flexibility index (Phi) is 9.53. The first-order chi connectivity index (χ1) is 23.2. The second kappa shape index (κ2) is 13.6. The lowest BCUT2D eigenvalue weighted by molar-refractivity contribution is -0.153. The molecule has 3 aliphatic rings. The first-order valence-electron chi connectivity index (χ1n) is 17.0. The standard InChI is InChI=1S/C37H46N6O5/c1-5-20-40(25-43-29-19-13-12-18-28(29)38-39-43)35(47)32-37-24-26(3)36(4,48-37)30(31(37)34(46)42(32)22-14-7-8-15-23-44)33(45)41(21-6-2)27-16-10-9-11-17-27/h5-6,9-13,16-19,26,30-32,44H,1-2,7-8,14-15,20-25H2,3-4H3/t26?,30-,31-,32?,36+,37?/m0/s1. The molecule has 1 spiro atoms. The molecule has 3 unspecified atom stereocenters. The van der Waals surface area contributed by atoms with Gasteiger partial charge in [-0.2, -0.15) is 0 Å². The van der Waals surface area contributed by atoms with Gasteiger partial charge in [-0.25, -0.2) is 4.68 Å². The minimum absolute atomic E-state index is 0.0937. The topological polar surface area (TPSA) is 121 Å². The van der Waals surface area contributed by atoms with Crippen LogP contribution in [0.3, 0.4) is 0 Å².